The molecule has 4 amide bonds. The van der Waals surface area contributed by atoms with Crippen LogP contribution in [-0.4, -0.2) is 66.2 Å². The van der Waals surface area contributed by atoms with E-state index in [-0.39, 0.29) is 32.5 Å². The van der Waals surface area contributed by atoms with Crippen molar-refractivity contribution in [3.8, 4) is 0 Å². The van der Waals surface area contributed by atoms with Crippen molar-refractivity contribution in [1.29, 1.82) is 0 Å². The highest BCUT2D eigenvalue weighted by molar-refractivity contribution is 6.00. The Morgan fingerprint density at radius 2 is 1.48 bits per heavy atom. The number of amides is 4. The zero-order chi connectivity index (χ0) is 34.9. The number of hydrogen-bond acceptors (Lipinski definition) is 8. The smallest absolute Gasteiger partial charge is 0.408 e. The first-order chi connectivity index (χ1) is 23.1. The number of hydrogen-bond donors (Lipinski definition) is 5. The zero-order valence-corrected chi connectivity index (χ0v) is 26.9. The van der Waals surface area contributed by atoms with E-state index in [1.807, 2.05) is 36.4 Å². The molecule has 3 rings (SSSR count). The van der Waals surface area contributed by atoms with Gasteiger partial charge in [0.1, 0.15) is 25.3 Å². The minimum absolute atomic E-state index is 0.00235. The van der Waals surface area contributed by atoms with Crippen LogP contribution in [-0.2, 0) is 35.3 Å². The molecule has 48 heavy (non-hydrogen) atoms. The molecule has 0 saturated carbocycles. The van der Waals surface area contributed by atoms with Crippen molar-refractivity contribution < 1.29 is 38.6 Å². The first-order valence-electron chi connectivity index (χ1n) is 15.5. The van der Waals surface area contributed by atoms with Gasteiger partial charge in [-0.3, -0.25) is 14.4 Å². The number of alkyl carbamates (subject to hydrolysis) is 1. The number of aliphatic hydroxyl groups excluding tert-OH is 1. The van der Waals surface area contributed by atoms with E-state index in [0.717, 1.165) is 16.3 Å². The van der Waals surface area contributed by atoms with Gasteiger partial charge in [0.05, 0.1) is 12.5 Å². The maximum Gasteiger partial charge on any atom is 0.408 e. The SMILES string of the molecule is C=CC[C@H](CC(=O)N[C@H](C)CO)C(=O)N[C@@H](COC(=O)[C@@H](CC=C)NC(=O)OCc1ccccc1)C(=O)Nc1ccc2ccccc2c1. The van der Waals surface area contributed by atoms with Crippen molar-refractivity contribution >= 4 is 46.2 Å². The van der Waals surface area contributed by atoms with Crippen molar-refractivity contribution in [2.75, 3.05) is 18.5 Å². The van der Waals surface area contributed by atoms with Crippen molar-refractivity contribution in [3.63, 3.8) is 0 Å². The summed E-state index contributed by atoms with van der Waals surface area (Å²) in [5.74, 6) is -3.60. The summed E-state index contributed by atoms with van der Waals surface area (Å²) < 4.78 is 10.7. The minimum atomic E-state index is -1.38. The molecule has 5 N–H and O–H groups in total. The molecule has 0 fully saturated rings. The third-order valence-corrected chi connectivity index (χ3v) is 7.17. The maximum atomic E-state index is 13.5. The van der Waals surface area contributed by atoms with Crippen molar-refractivity contribution in [1.82, 2.24) is 16.0 Å². The average molecular weight is 659 g/mol. The van der Waals surface area contributed by atoms with Crippen LogP contribution in [0.1, 0.15) is 31.7 Å². The molecule has 0 radical (unpaired) electrons. The summed E-state index contributed by atoms with van der Waals surface area (Å²) in [7, 11) is 0. The van der Waals surface area contributed by atoms with Crippen LogP contribution in [0.25, 0.3) is 10.8 Å². The molecule has 0 aliphatic heterocycles. The van der Waals surface area contributed by atoms with Gasteiger partial charge in [-0.1, -0.05) is 72.8 Å². The Labute approximate surface area is 279 Å². The van der Waals surface area contributed by atoms with Gasteiger partial charge < -0.3 is 35.8 Å². The molecule has 3 aromatic rings. The number of anilines is 1. The Hall–Kier alpha value is -5.49. The van der Waals surface area contributed by atoms with Crippen LogP contribution in [0.4, 0.5) is 10.5 Å². The van der Waals surface area contributed by atoms with Gasteiger partial charge in [0.25, 0.3) is 5.91 Å². The van der Waals surface area contributed by atoms with E-state index in [9.17, 15) is 29.1 Å². The van der Waals surface area contributed by atoms with Gasteiger partial charge in [-0.05, 0) is 48.2 Å². The fraction of sp³-hybridized carbons (Fsp3) is 0.306. The van der Waals surface area contributed by atoms with E-state index in [1.165, 1.54) is 12.2 Å². The van der Waals surface area contributed by atoms with Gasteiger partial charge in [-0.2, -0.15) is 0 Å². The summed E-state index contributed by atoms with van der Waals surface area (Å²) in [6, 6.07) is 18.7. The Bertz CT molecular complexity index is 1580. The number of ether oxygens (including phenoxy) is 2. The van der Waals surface area contributed by atoms with Crippen LogP contribution in [0.15, 0.2) is 98.1 Å². The quantitative estimate of drug-likeness (QED) is 0.102. The molecule has 254 valence electrons. The standard InChI is InChI=1S/C36H42N4O8/c1-4-11-28(20-32(42)37-24(3)21-41)33(43)39-31(34(44)38-29-18-17-26-15-9-10-16-27(26)19-29)23-47-35(45)30(12-5-2)40-36(46)48-22-25-13-7-6-8-14-25/h4-10,13-19,24,28,30-31,41H,1-2,11-12,20-23H2,3H3,(H,37,42)(H,38,44)(H,39,43)(H,40,46)/t24-,28-,30-,31+/m1/s1. The lowest BCUT2D eigenvalue weighted by atomic mass is 9.99. The fourth-order valence-electron chi connectivity index (χ4n) is 4.61. The number of fused-ring (bicyclic) bond motifs is 1. The van der Waals surface area contributed by atoms with Gasteiger partial charge in [0.2, 0.25) is 11.8 Å². The first kappa shape index (κ1) is 37.0. The van der Waals surface area contributed by atoms with E-state index in [4.69, 9.17) is 9.47 Å². The molecule has 0 spiro atoms. The number of rotatable bonds is 18. The number of esters is 1. The number of carbonyl (C=O) groups excluding carboxylic acids is 5. The highest BCUT2D eigenvalue weighted by Crippen LogP contribution is 2.19. The van der Waals surface area contributed by atoms with Crippen LogP contribution in [0.3, 0.4) is 0 Å². The number of carbonyl (C=O) groups is 5. The number of allylic oxidation sites excluding steroid dienone is 1. The molecule has 12 nitrogen and oxygen atoms in total. The van der Waals surface area contributed by atoms with Crippen LogP contribution in [0.2, 0.25) is 0 Å². The van der Waals surface area contributed by atoms with E-state index in [1.54, 1.807) is 43.3 Å². The highest BCUT2D eigenvalue weighted by Gasteiger charge is 2.30. The van der Waals surface area contributed by atoms with Crippen LogP contribution in [0.5, 0.6) is 0 Å². The molecule has 0 aliphatic carbocycles. The summed E-state index contributed by atoms with van der Waals surface area (Å²) >= 11 is 0. The molecule has 0 bridgehead atoms. The predicted molar refractivity (Wildman–Crippen MR) is 181 cm³/mol. The van der Waals surface area contributed by atoms with E-state index >= 15 is 0 Å². The fourth-order valence-corrected chi connectivity index (χ4v) is 4.61. The van der Waals surface area contributed by atoms with Crippen LogP contribution >= 0.6 is 0 Å². The lowest BCUT2D eigenvalue weighted by Crippen LogP contribution is -2.50. The van der Waals surface area contributed by atoms with Gasteiger partial charge in [0.15, 0.2) is 0 Å². The minimum Gasteiger partial charge on any atom is -0.461 e. The second-order valence-corrected chi connectivity index (χ2v) is 11.1. The highest BCUT2D eigenvalue weighted by atomic mass is 16.6. The Balaban J connectivity index is 1.73. The molecule has 0 heterocycles. The third kappa shape index (κ3) is 12.0. The zero-order valence-electron chi connectivity index (χ0n) is 26.9. The lowest BCUT2D eigenvalue weighted by Gasteiger charge is -2.23. The summed E-state index contributed by atoms with van der Waals surface area (Å²) in [5, 5.41) is 21.5. The van der Waals surface area contributed by atoms with E-state index in [0.29, 0.717) is 5.69 Å². The molecule has 0 aromatic heterocycles. The molecule has 12 heteroatoms. The molecule has 0 aliphatic rings. The molecule has 3 aromatic carbocycles. The topological polar surface area (TPSA) is 172 Å². The van der Waals surface area contributed by atoms with E-state index < -0.39 is 60.4 Å². The summed E-state index contributed by atoms with van der Waals surface area (Å²) in [4.78, 5) is 65.0. The first-order valence-corrected chi connectivity index (χ1v) is 15.5. The average Bonchev–Trinajstić information content (AvgIpc) is 3.08. The van der Waals surface area contributed by atoms with Crippen LogP contribution in [0, 0.1) is 5.92 Å². The van der Waals surface area contributed by atoms with Gasteiger partial charge in [-0.25, -0.2) is 9.59 Å². The number of aliphatic hydroxyl groups is 1. The van der Waals surface area contributed by atoms with Crippen molar-refractivity contribution in [2.24, 2.45) is 5.92 Å². The third-order valence-electron chi connectivity index (χ3n) is 7.17. The Morgan fingerprint density at radius 1 is 0.792 bits per heavy atom. The maximum absolute atomic E-state index is 13.5. The number of benzene rings is 3. The Kier molecular flexibility index (Phi) is 14.8. The normalized spacial score (nSPS) is 13.1. The van der Waals surface area contributed by atoms with E-state index in [2.05, 4.69) is 34.4 Å². The molecule has 0 unspecified atom stereocenters. The number of nitrogens with one attached hydrogen (secondary N) is 4. The van der Waals surface area contributed by atoms with Gasteiger partial charge >= 0.3 is 12.1 Å². The molecular weight excluding hydrogens is 616 g/mol. The molecular formula is C36H42N4O8. The largest absolute Gasteiger partial charge is 0.461 e. The van der Waals surface area contributed by atoms with Gasteiger partial charge in [-0.15, -0.1) is 13.2 Å². The molecule has 0 saturated heterocycles. The second kappa shape index (κ2) is 19.2. The van der Waals surface area contributed by atoms with Crippen LogP contribution < -0.4 is 21.3 Å². The predicted octanol–water partition coefficient (Wildman–Crippen LogP) is 3.76. The summed E-state index contributed by atoms with van der Waals surface area (Å²) in [5.41, 5.74) is 1.19. The second-order valence-electron chi connectivity index (χ2n) is 11.1. The van der Waals surface area contributed by atoms with Gasteiger partial charge in [0, 0.05) is 18.2 Å². The Morgan fingerprint density at radius 3 is 2.17 bits per heavy atom. The molecule has 4 atom stereocenters. The summed E-state index contributed by atoms with van der Waals surface area (Å²) in [6.45, 7) is 8.00. The summed E-state index contributed by atoms with van der Waals surface area (Å²) in [6.07, 6.45) is 1.90. The van der Waals surface area contributed by atoms with Crippen molar-refractivity contribution in [2.45, 2.75) is 50.9 Å². The monoisotopic (exact) mass is 658 g/mol. The van der Waals surface area contributed by atoms with Crippen molar-refractivity contribution in [3.05, 3.63) is 104 Å². The lowest BCUT2D eigenvalue weighted by molar-refractivity contribution is -0.148.